The lowest BCUT2D eigenvalue weighted by molar-refractivity contribution is -0.112. The molecule has 0 fully saturated rings. The van der Waals surface area contributed by atoms with Gasteiger partial charge in [-0.25, -0.2) is 0 Å². The average molecular weight is 385 g/mol. The highest BCUT2D eigenvalue weighted by molar-refractivity contribution is 6.30. The zero-order valence-corrected chi connectivity index (χ0v) is 15.4. The Labute approximate surface area is 161 Å². The second-order valence-electron chi connectivity index (χ2n) is 5.60. The number of carbonyl (C=O) groups excluding carboxylic acids is 1. The standard InChI is InChI=1S/C20H17ClN2O4/c1-2-25-17-5-3-15(21)10-13(17)9-14(12-22)20(24)23-16-4-6-18-19(11-16)27-8-7-26-18/h3-6,9-11H,2,7-8H2,1H3,(H,23,24)/b14-9+. The molecule has 1 aliphatic rings. The van der Waals surface area contributed by atoms with Crippen LogP contribution in [-0.4, -0.2) is 25.7 Å². The van der Waals surface area contributed by atoms with E-state index in [9.17, 15) is 10.1 Å². The number of nitrogens with zero attached hydrogens (tertiary/aromatic N) is 1. The van der Waals surface area contributed by atoms with Crippen LogP contribution in [0.15, 0.2) is 42.0 Å². The van der Waals surface area contributed by atoms with Crippen LogP contribution in [0.5, 0.6) is 17.2 Å². The molecule has 0 aromatic heterocycles. The molecule has 1 aliphatic heterocycles. The lowest BCUT2D eigenvalue weighted by Gasteiger charge is -2.19. The summed E-state index contributed by atoms with van der Waals surface area (Å²) in [5.41, 5.74) is 0.979. The van der Waals surface area contributed by atoms with Crippen molar-refractivity contribution < 1.29 is 19.0 Å². The number of nitriles is 1. The van der Waals surface area contributed by atoms with Gasteiger partial charge in [-0.15, -0.1) is 0 Å². The molecule has 0 radical (unpaired) electrons. The Hall–Kier alpha value is -3.17. The summed E-state index contributed by atoms with van der Waals surface area (Å²) in [7, 11) is 0. The molecule has 0 atom stereocenters. The SMILES string of the molecule is CCOc1ccc(Cl)cc1/C=C(\C#N)C(=O)Nc1ccc2c(c1)OCCO2. The van der Waals surface area contributed by atoms with Gasteiger partial charge in [0.25, 0.3) is 5.91 Å². The molecule has 1 amide bonds. The first-order valence-corrected chi connectivity index (χ1v) is 8.73. The molecule has 0 saturated heterocycles. The number of carbonyl (C=O) groups is 1. The van der Waals surface area contributed by atoms with Gasteiger partial charge in [0.1, 0.15) is 30.6 Å². The van der Waals surface area contributed by atoms with Gasteiger partial charge in [-0.3, -0.25) is 4.79 Å². The van der Waals surface area contributed by atoms with Gasteiger partial charge in [-0.1, -0.05) is 11.6 Å². The van der Waals surface area contributed by atoms with Crippen molar-refractivity contribution in [1.82, 2.24) is 0 Å². The maximum Gasteiger partial charge on any atom is 0.266 e. The van der Waals surface area contributed by atoms with Crippen LogP contribution in [0.2, 0.25) is 5.02 Å². The zero-order valence-electron chi connectivity index (χ0n) is 14.6. The van der Waals surface area contributed by atoms with Crippen LogP contribution in [0.1, 0.15) is 12.5 Å². The number of amides is 1. The highest BCUT2D eigenvalue weighted by Crippen LogP contribution is 2.33. The van der Waals surface area contributed by atoms with E-state index < -0.39 is 5.91 Å². The van der Waals surface area contributed by atoms with Gasteiger partial charge < -0.3 is 19.5 Å². The molecule has 138 valence electrons. The number of fused-ring (bicyclic) bond motifs is 1. The number of nitrogens with one attached hydrogen (secondary N) is 1. The lowest BCUT2D eigenvalue weighted by atomic mass is 10.1. The largest absolute Gasteiger partial charge is 0.493 e. The van der Waals surface area contributed by atoms with Crippen LogP contribution >= 0.6 is 11.6 Å². The van der Waals surface area contributed by atoms with Gasteiger partial charge in [0.2, 0.25) is 0 Å². The second kappa shape index (κ2) is 8.47. The summed E-state index contributed by atoms with van der Waals surface area (Å²) in [6.45, 7) is 3.24. The molecule has 1 N–H and O–H groups in total. The topological polar surface area (TPSA) is 80.6 Å². The predicted octanol–water partition coefficient (Wildman–Crippen LogP) is 4.06. The average Bonchev–Trinajstić information content (AvgIpc) is 2.68. The molecule has 27 heavy (non-hydrogen) atoms. The Morgan fingerprint density at radius 2 is 2.04 bits per heavy atom. The normalized spacial score (nSPS) is 12.9. The number of rotatable bonds is 5. The van der Waals surface area contributed by atoms with Crippen LogP contribution in [0.4, 0.5) is 5.69 Å². The molecular weight excluding hydrogens is 368 g/mol. The Balaban J connectivity index is 1.83. The first kappa shape index (κ1) is 18.6. The first-order chi connectivity index (χ1) is 13.1. The van der Waals surface area contributed by atoms with Crippen molar-refractivity contribution in [3.05, 3.63) is 52.6 Å². The van der Waals surface area contributed by atoms with Gasteiger partial charge in [0, 0.05) is 22.3 Å². The number of hydrogen-bond donors (Lipinski definition) is 1. The summed E-state index contributed by atoms with van der Waals surface area (Å²) in [5.74, 6) is 1.17. The number of benzene rings is 2. The first-order valence-electron chi connectivity index (χ1n) is 8.36. The lowest BCUT2D eigenvalue weighted by Crippen LogP contribution is -2.17. The molecule has 0 bridgehead atoms. The molecule has 3 rings (SSSR count). The van der Waals surface area contributed by atoms with Crippen molar-refractivity contribution in [2.45, 2.75) is 6.92 Å². The molecule has 0 aliphatic carbocycles. The van der Waals surface area contributed by atoms with E-state index in [1.165, 1.54) is 6.08 Å². The summed E-state index contributed by atoms with van der Waals surface area (Å²) in [4.78, 5) is 12.5. The number of ether oxygens (including phenoxy) is 3. The van der Waals surface area contributed by atoms with E-state index in [0.29, 0.717) is 53.3 Å². The maximum atomic E-state index is 12.5. The highest BCUT2D eigenvalue weighted by atomic mass is 35.5. The van der Waals surface area contributed by atoms with Crippen molar-refractivity contribution in [2.75, 3.05) is 25.1 Å². The number of halogens is 1. The van der Waals surface area contributed by atoms with Crippen molar-refractivity contribution in [2.24, 2.45) is 0 Å². The van der Waals surface area contributed by atoms with Gasteiger partial charge in [0.15, 0.2) is 11.5 Å². The van der Waals surface area contributed by atoms with Crippen LogP contribution in [-0.2, 0) is 4.79 Å². The molecule has 1 heterocycles. The summed E-state index contributed by atoms with van der Waals surface area (Å²) >= 11 is 6.03. The van der Waals surface area contributed by atoms with E-state index in [0.717, 1.165) is 0 Å². The number of hydrogen-bond acceptors (Lipinski definition) is 5. The molecule has 0 spiro atoms. The molecule has 2 aromatic rings. The quantitative estimate of drug-likeness (QED) is 0.621. The minimum absolute atomic E-state index is 0.0758. The fraction of sp³-hybridized carbons (Fsp3) is 0.200. The molecule has 6 nitrogen and oxygen atoms in total. The predicted molar refractivity (Wildman–Crippen MR) is 102 cm³/mol. The van der Waals surface area contributed by atoms with Crippen molar-refractivity contribution in [3.63, 3.8) is 0 Å². The van der Waals surface area contributed by atoms with Gasteiger partial charge >= 0.3 is 0 Å². The second-order valence-corrected chi connectivity index (χ2v) is 6.03. The molecule has 0 saturated carbocycles. The molecular formula is C20H17ClN2O4. The smallest absolute Gasteiger partial charge is 0.266 e. The summed E-state index contributed by atoms with van der Waals surface area (Å²) in [6, 6.07) is 12.0. The van der Waals surface area contributed by atoms with Gasteiger partial charge in [-0.05, 0) is 43.3 Å². The molecule has 0 unspecified atom stereocenters. The molecule has 2 aromatic carbocycles. The van der Waals surface area contributed by atoms with Crippen molar-refractivity contribution in [1.29, 1.82) is 5.26 Å². The third-order valence-corrected chi connectivity index (χ3v) is 3.97. The third kappa shape index (κ3) is 4.52. The third-order valence-electron chi connectivity index (χ3n) is 3.74. The Morgan fingerprint density at radius 1 is 1.26 bits per heavy atom. The van der Waals surface area contributed by atoms with E-state index in [1.54, 1.807) is 36.4 Å². The van der Waals surface area contributed by atoms with Crippen LogP contribution < -0.4 is 19.5 Å². The van der Waals surface area contributed by atoms with E-state index in [1.807, 2.05) is 13.0 Å². The summed E-state index contributed by atoms with van der Waals surface area (Å²) in [5, 5.41) is 12.6. The Kier molecular flexibility index (Phi) is 5.84. The number of anilines is 1. The van der Waals surface area contributed by atoms with E-state index in [4.69, 9.17) is 25.8 Å². The van der Waals surface area contributed by atoms with Gasteiger partial charge in [0.05, 0.1) is 6.61 Å². The minimum Gasteiger partial charge on any atom is -0.493 e. The van der Waals surface area contributed by atoms with Crippen LogP contribution in [0.25, 0.3) is 6.08 Å². The maximum absolute atomic E-state index is 12.5. The van der Waals surface area contributed by atoms with Crippen LogP contribution in [0.3, 0.4) is 0 Å². The van der Waals surface area contributed by atoms with Crippen molar-refractivity contribution in [3.8, 4) is 23.3 Å². The van der Waals surface area contributed by atoms with E-state index in [2.05, 4.69) is 5.32 Å². The monoisotopic (exact) mass is 384 g/mol. The van der Waals surface area contributed by atoms with Crippen LogP contribution in [0, 0.1) is 11.3 Å². The highest BCUT2D eigenvalue weighted by Gasteiger charge is 2.15. The van der Waals surface area contributed by atoms with Gasteiger partial charge in [-0.2, -0.15) is 5.26 Å². The Bertz CT molecular complexity index is 934. The minimum atomic E-state index is -0.545. The fourth-order valence-corrected chi connectivity index (χ4v) is 2.72. The van der Waals surface area contributed by atoms with Crippen molar-refractivity contribution >= 4 is 29.3 Å². The Morgan fingerprint density at radius 3 is 2.78 bits per heavy atom. The van der Waals surface area contributed by atoms with E-state index >= 15 is 0 Å². The summed E-state index contributed by atoms with van der Waals surface area (Å²) in [6.07, 6.45) is 1.45. The zero-order chi connectivity index (χ0) is 19.2. The summed E-state index contributed by atoms with van der Waals surface area (Å²) < 4.78 is 16.5. The van der Waals surface area contributed by atoms with E-state index in [-0.39, 0.29) is 5.57 Å². The fourth-order valence-electron chi connectivity index (χ4n) is 2.54. The molecule has 7 heteroatoms.